The van der Waals surface area contributed by atoms with Crippen molar-refractivity contribution in [1.82, 2.24) is 0 Å². The number of carboxylic acid groups (broad SMARTS) is 1. The van der Waals surface area contributed by atoms with Crippen molar-refractivity contribution < 1.29 is 14.6 Å². The third-order valence-corrected chi connectivity index (χ3v) is 1.43. The highest BCUT2D eigenvalue weighted by atomic mass is 16.7. The molecule has 0 aromatic heterocycles. The number of rotatable bonds is 2. The maximum absolute atomic E-state index is 9.97. The number of ether oxygens (including phenoxy) is 1. The maximum Gasteiger partial charge on any atom is 0.506 e. The average molecular weight is 154 g/mol. The minimum absolute atomic E-state index is 0.172. The quantitative estimate of drug-likeness (QED) is 0.618. The zero-order chi connectivity index (χ0) is 8.10. The summed E-state index contributed by atoms with van der Waals surface area (Å²) in [6.45, 7) is 0.172. The Morgan fingerprint density at radius 1 is 1.64 bits per heavy atom. The summed E-state index contributed by atoms with van der Waals surface area (Å²) in [4.78, 5) is 9.97. The molecular weight excluding hydrogens is 144 g/mol. The van der Waals surface area contributed by atoms with Crippen molar-refractivity contribution in [3.05, 3.63) is 23.8 Å². The standard InChI is InChI=1S/C8H10O3/c9-8(10)11-6-7-4-2-1-3-5-7/h2,4-5H,1,3,6H2,(H,9,10). The van der Waals surface area contributed by atoms with Crippen LogP contribution in [0.1, 0.15) is 12.8 Å². The molecule has 1 N–H and O–H groups in total. The molecular formula is C8H10O3. The molecule has 0 saturated heterocycles. The summed E-state index contributed by atoms with van der Waals surface area (Å²) in [6.07, 6.45) is 6.70. The monoisotopic (exact) mass is 154 g/mol. The predicted molar refractivity (Wildman–Crippen MR) is 40.4 cm³/mol. The Hall–Kier alpha value is -1.25. The summed E-state index contributed by atoms with van der Waals surface area (Å²) in [7, 11) is 0. The van der Waals surface area contributed by atoms with Crippen LogP contribution >= 0.6 is 0 Å². The van der Waals surface area contributed by atoms with E-state index >= 15 is 0 Å². The van der Waals surface area contributed by atoms with Crippen LogP contribution < -0.4 is 0 Å². The second-order valence-corrected chi connectivity index (χ2v) is 2.31. The van der Waals surface area contributed by atoms with Gasteiger partial charge in [-0.25, -0.2) is 4.79 Å². The van der Waals surface area contributed by atoms with Crippen molar-refractivity contribution in [3.8, 4) is 0 Å². The highest BCUT2D eigenvalue weighted by Gasteiger charge is 2.00. The van der Waals surface area contributed by atoms with E-state index < -0.39 is 6.16 Å². The van der Waals surface area contributed by atoms with Crippen LogP contribution in [0.3, 0.4) is 0 Å². The number of allylic oxidation sites excluding steroid dienone is 2. The van der Waals surface area contributed by atoms with Crippen LogP contribution in [0.2, 0.25) is 0 Å². The minimum Gasteiger partial charge on any atom is -0.450 e. The first-order valence-electron chi connectivity index (χ1n) is 3.50. The lowest BCUT2D eigenvalue weighted by atomic mass is 10.1. The van der Waals surface area contributed by atoms with Gasteiger partial charge in [0.15, 0.2) is 0 Å². The fraction of sp³-hybridized carbons (Fsp3) is 0.375. The summed E-state index contributed by atoms with van der Waals surface area (Å²) < 4.78 is 4.38. The Balaban J connectivity index is 2.31. The van der Waals surface area contributed by atoms with Gasteiger partial charge in [0, 0.05) is 0 Å². The fourth-order valence-electron chi connectivity index (χ4n) is 0.920. The van der Waals surface area contributed by atoms with Gasteiger partial charge in [-0.3, -0.25) is 0 Å². The molecule has 3 nitrogen and oxygen atoms in total. The maximum atomic E-state index is 9.97. The molecule has 1 aliphatic carbocycles. The molecule has 0 aromatic rings. The molecule has 0 spiro atoms. The van der Waals surface area contributed by atoms with Gasteiger partial charge in [-0.05, 0) is 18.4 Å². The van der Waals surface area contributed by atoms with Gasteiger partial charge in [0.1, 0.15) is 6.61 Å². The number of carbonyl (C=O) groups is 1. The fourth-order valence-corrected chi connectivity index (χ4v) is 0.920. The average Bonchev–Trinajstić information content (AvgIpc) is 2.03. The first-order chi connectivity index (χ1) is 5.29. The molecule has 60 valence electrons. The Bertz CT molecular complexity index is 203. The number of hydrogen-bond donors (Lipinski definition) is 1. The molecule has 0 aliphatic heterocycles. The molecule has 3 heteroatoms. The van der Waals surface area contributed by atoms with Gasteiger partial charge in [-0.1, -0.05) is 18.2 Å². The first kappa shape index (κ1) is 7.85. The van der Waals surface area contributed by atoms with Crippen LogP contribution in [0.15, 0.2) is 23.8 Å². The van der Waals surface area contributed by atoms with E-state index in [0.29, 0.717) is 0 Å². The lowest BCUT2D eigenvalue weighted by Crippen LogP contribution is -2.03. The highest BCUT2D eigenvalue weighted by molar-refractivity contribution is 5.57. The SMILES string of the molecule is O=C(O)OCC1=CCCC=C1. The molecule has 0 fully saturated rings. The van der Waals surface area contributed by atoms with E-state index in [9.17, 15) is 4.79 Å². The van der Waals surface area contributed by atoms with Gasteiger partial charge in [-0.15, -0.1) is 0 Å². The lowest BCUT2D eigenvalue weighted by Gasteiger charge is -2.04. The summed E-state index contributed by atoms with van der Waals surface area (Å²) in [6, 6.07) is 0. The van der Waals surface area contributed by atoms with Gasteiger partial charge < -0.3 is 9.84 Å². The third kappa shape index (κ3) is 2.89. The van der Waals surface area contributed by atoms with E-state index in [4.69, 9.17) is 5.11 Å². The first-order valence-corrected chi connectivity index (χ1v) is 3.50. The van der Waals surface area contributed by atoms with Crippen molar-refractivity contribution in [2.24, 2.45) is 0 Å². The van der Waals surface area contributed by atoms with Gasteiger partial charge in [0.05, 0.1) is 0 Å². The Labute approximate surface area is 65.0 Å². The van der Waals surface area contributed by atoms with Crippen molar-refractivity contribution in [3.63, 3.8) is 0 Å². The van der Waals surface area contributed by atoms with E-state index in [0.717, 1.165) is 18.4 Å². The summed E-state index contributed by atoms with van der Waals surface area (Å²) in [5.74, 6) is 0. The molecule has 0 bridgehead atoms. The Morgan fingerprint density at radius 2 is 2.45 bits per heavy atom. The smallest absolute Gasteiger partial charge is 0.450 e. The third-order valence-electron chi connectivity index (χ3n) is 1.43. The molecule has 0 unspecified atom stereocenters. The van der Waals surface area contributed by atoms with Crippen molar-refractivity contribution in [2.75, 3.05) is 6.61 Å². The van der Waals surface area contributed by atoms with E-state index in [1.807, 2.05) is 18.2 Å². The van der Waals surface area contributed by atoms with Crippen molar-refractivity contribution >= 4 is 6.16 Å². The van der Waals surface area contributed by atoms with Crippen LogP contribution in [-0.2, 0) is 4.74 Å². The second kappa shape index (κ2) is 3.81. The molecule has 1 rings (SSSR count). The minimum atomic E-state index is -1.22. The zero-order valence-electron chi connectivity index (χ0n) is 6.12. The van der Waals surface area contributed by atoms with Gasteiger partial charge in [-0.2, -0.15) is 0 Å². The predicted octanol–water partition coefficient (Wildman–Crippen LogP) is 1.96. The molecule has 0 aromatic carbocycles. The summed E-state index contributed by atoms with van der Waals surface area (Å²) in [5.41, 5.74) is 0.943. The van der Waals surface area contributed by atoms with E-state index in [-0.39, 0.29) is 6.61 Å². The van der Waals surface area contributed by atoms with Gasteiger partial charge in [0.2, 0.25) is 0 Å². The van der Waals surface area contributed by atoms with Gasteiger partial charge >= 0.3 is 6.16 Å². The lowest BCUT2D eigenvalue weighted by molar-refractivity contribution is 0.100. The van der Waals surface area contributed by atoms with Crippen molar-refractivity contribution in [2.45, 2.75) is 12.8 Å². The molecule has 0 radical (unpaired) electrons. The van der Waals surface area contributed by atoms with Gasteiger partial charge in [0.25, 0.3) is 0 Å². The van der Waals surface area contributed by atoms with Crippen LogP contribution in [0.25, 0.3) is 0 Å². The number of hydrogen-bond acceptors (Lipinski definition) is 2. The summed E-state index contributed by atoms with van der Waals surface area (Å²) in [5, 5.41) is 8.17. The van der Waals surface area contributed by atoms with E-state index in [1.54, 1.807) is 0 Å². The van der Waals surface area contributed by atoms with E-state index in [1.165, 1.54) is 0 Å². The van der Waals surface area contributed by atoms with Crippen LogP contribution in [0.4, 0.5) is 4.79 Å². The molecule has 0 heterocycles. The second-order valence-electron chi connectivity index (χ2n) is 2.31. The zero-order valence-corrected chi connectivity index (χ0v) is 6.12. The highest BCUT2D eigenvalue weighted by Crippen LogP contribution is 2.09. The molecule has 0 amide bonds. The topological polar surface area (TPSA) is 46.5 Å². The largest absolute Gasteiger partial charge is 0.506 e. The summed E-state index contributed by atoms with van der Waals surface area (Å²) >= 11 is 0. The van der Waals surface area contributed by atoms with Crippen LogP contribution in [0.5, 0.6) is 0 Å². The molecule has 0 atom stereocenters. The molecule has 11 heavy (non-hydrogen) atoms. The van der Waals surface area contributed by atoms with Crippen molar-refractivity contribution in [1.29, 1.82) is 0 Å². The molecule has 1 aliphatic rings. The molecule has 0 saturated carbocycles. The van der Waals surface area contributed by atoms with E-state index in [2.05, 4.69) is 4.74 Å². The van der Waals surface area contributed by atoms with Crippen LogP contribution in [-0.4, -0.2) is 17.9 Å². The Morgan fingerprint density at radius 3 is 3.00 bits per heavy atom. The van der Waals surface area contributed by atoms with Crippen LogP contribution in [0, 0.1) is 0 Å². The Kier molecular flexibility index (Phi) is 2.72. The normalized spacial score (nSPS) is 15.8.